The minimum Gasteiger partial charge on any atom is -0.391 e. The zero-order valence-electron chi connectivity index (χ0n) is 14.4. The third kappa shape index (κ3) is 3.41. The topological polar surface area (TPSA) is 82.9 Å². The highest BCUT2D eigenvalue weighted by Gasteiger charge is 2.34. The Labute approximate surface area is 151 Å². The van der Waals surface area contributed by atoms with Crippen molar-refractivity contribution >= 4 is 5.91 Å². The van der Waals surface area contributed by atoms with Gasteiger partial charge in [0.2, 0.25) is 0 Å². The van der Waals surface area contributed by atoms with Gasteiger partial charge in [0.15, 0.2) is 0 Å². The van der Waals surface area contributed by atoms with Crippen LogP contribution in [0, 0.1) is 5.92 Å². The first-order valence-corrected chi connectivity index (χ1v) is 8.89. The zero-order chi connectivity index (χ0) is 17.9. The van der Waals surface area contributed by atoms with Crippen LogP contribution in [0.2, 0.25) is 0 Å². The highest BCUT2D eigenvalue weighted by molar-refractivity contribution is 5.92. The molecule has 3 atom stereocenters. The number of carbonyl (C=O) groups is 1. The van der Waals surface area contributed by atoms with Gasteiger partial charge in [0, 0.05) is 30.7 Å². The number of hydrogen-bond acceptors (Lipinski definition) is 3. The van der Waals surface area contributed by atoms with Crippen LogP contribution in [-0.2, 0) is 6.54 Å². The van der Waals surface area contributed by atoms with E-state index in [4.69, 9.17) is 0 Å². The van der Waals surface area contributed by atoms with Crippen molar-refractivity contribution < 1.29 is 9.90 Å². The van der Waals surface area contributed by atoms with Crippen molar-refractivity contribution in [2.45, 2.75) is 31.5 Å². The SMILES string of the molecule is O=C(N[C@@H]1CC(Cn2ccnc2-c2ccccc2)C[C@H]1O)c1ccc[nH]1. The number of benzene rings is 1. The van der Waals surface area contributed by atoms with E-state index in [1.165, 1.54) is 0 Å². The maximum Gasteiger partial charge on any atom is 0.267 e. The Morgan fingerprint density at radius 1 is 1.23 bits per heavy atom. The molecule has 1 unspecified atom stereocenters. The van der Waals surface area contributed by atoms with Gasteiger partial charge in [-0.2, -0.15) is 0 Å². The molecule has 1 saturated carbocycles. The van der Waals surface area contributed by atoms with E-state index in [9.17, 15) is 9.90 Å². The lowest BCUT2D eigenvalue weighted by molar-refractivity contribution is 0.0868. The second kappa shape index (κ2) is 7.17. The number of H-pyrrole nitrogens is 1. The standard InChI is InChI=1S/C20H22N4O2/c25-18-12-14(11-17(18)23-20(26)16-7-4-8-21-16)13-24-10-9-22-19(24)15-5-2-1-3-6-15/h1-10,14,17-18,21,25H,11-13H2,(H,23,26)/t14?,17-,18-/m1/s1. The number of aromatic amines is 1. The minimum absolute atomic E-state index is 0.174. The van der Waals surface area contributed by atoms with Crippen LogP contribution in [0.15, 0.2) is 61.1 Å². The summed E-state index contributed by atoms with van der Waals surface area (Å²) < 4.78 is 2.13. The van der Waals surface area contributed by atoms with Gasteiger partial charge in [-0.3, -0.25) is 4.79 Å². The smallest absolute Gasteiger partial charge is 0.267 e. The van der Waals surface area contributed by atoms with E-state index in [2.05, 4.69) is 19.9 Å². The van der Waals surface area contributed by atoms with Gasteiger partial charge in [-0.25, -0.2) is 4.98 Å². The average Bonchev–Trinajstić information content (AvgIpc) is 3.38. The number of aliphatic hydroxyl groups is 1. The summed E-state index contributed by atoms with van der Waals surface area (Å²) in [5, 5.41) is 13.3. The Morgan fingerprint density at radius 2 is 2.08 bits per heavy atom. The van der Waals surface area contributed by atoms with Gasteiger partial charge >= 0.3 is 0 Å². The van der Waals surface area contributed by atoms with Crippen LogP contribution in [0.3, 0.4) is 0 Å². The molecule has 1 amide bonds. The Balaban J connectivity index is 1.41. The number of rotatable bonds is 5. The van der Waals surface area contributed by atoms with E-state index < -0.39 is 6.10 Å². The van der Waals surface area contributed by atoms with Crippen molar-refractivity contribution in [2.24, 2.45) is 5.92 Å². The summed E-state index contributed by atoms with van der Waals surface area (Å²) in [6.07, 6.45) is 6.38. The molecule has 0 radical (unpaired) electrons. The predicted octanol–water partition coefficient (Wildman–Crippen LogP) is 2.45. The molecule has 6 nitrogen and oxygen atoms in total. The van der Waals surface area contributed by atoms with Gasteiger partial charge in [0.05, 0.1) is 12.1 Å². The number of nitrogens with one attached hydrogen (secondary N) is 2. The second-order valence-electron chi connectivity index (χ2n) is 6.84. The molecule has 1 fully saturated rings. The van der Waals surface area contributed by atoms with E-state index >= 15 is 0 Å². The van der Waals surface area contributed by atoms with Crippen LogP contribution in [0.4, 0.5) is 0 Å². The highest BCUT2D eigenvalue weighted by Crippen LogP contribution is 2.29. The minimum atomic E-state index is -0.525. The number of carbonyl (C=O) groups excluding carboxylic acids is 1. The first-order valence-electron chi connectivity index (χ1n) is 8.89. The van der Waals surface area contributed by atoms with Gasteiger partial charge in [-0.15, -0.1) is 0 Å². The van der Waals surface area contributed by atoms with Gasteiger partial charge < -0.3 is 20.0 Å². The van der Waals surface area contributed by atoms with Crippen molar-refractivity contribution in [3.63, 3.8) is 0 Å². The normalized spacial score (nSPS) is 22.4. The molecule has 0 spiro atoms. The molecule has 1 aliphatic rings. The largest absolute Gasteiger partial charge is 0.391 e. The highest BCUT2D eigenvalue weighted by atomic mass is 16.3. The average molecular weight is 350 g/mol. The quantitative estimate of drug-likeness (QED) is 0.661. The lowest BCUT2D eigenvalue weighted by Crippen LogP contribution is -2.40. The lowest BCUT2D eigenvalue weighted by atomic mass is 10.1. The first kappa shape index (κ1) is 16.6. The summed E-state index contributed by atoms with van der Waals surface area (Å²) in [6, 6.07) is 13.4. The van der Waals surface area contributed by atoms with Crippen LogP contribution >= 0.6 is 0 Å². The molecule has 2 aromatic heterocycles. The predicted molar refractivity (Wildman–Crippen MR) is 98.4 cm³/mol. The van der Waals surface area contributed by atoms with Crippen molar-refractivity contribution in [2.75, 3.05) is 0 Å². The van der Waals surface area contributed by atoms with Crippen LogP contribution in [0.5, 0.6) is 0 Å². The lowest BCUT2D eigenvalue weighted by Gasteiger charge is -2.16. The molecule has 3 aromatic rings. The Bertz CT molecular complexity index is 857. The molecule has 6 heteroatoms. The molecule has 0 saturated heterocycles. The summed E-state index contributed by atoms with van der Waals surface area (Å²) in [6.45, 7) is 0.774. The number of aromatic nitrogens is 3. The molecule has 1 aromatic carbocycles. The van der Waals surface area contributed by atoms with E-state index in [0.29, 0.717) is 12.1 Å². The number of aliphatic hydroxyl groups excluding tert-OH is 1. The number of nitrogens with zero attached hydrogens (tertiary/aromatic N) is 2. The van der Waals surface area contributed by atoms with E-state index in [-0.39, 0.29) is 17.9 Å². The van der Waals surface area contributed by atoms with Crippen LogP contribution in [0.1, 0.15) is 23.3 Å². The monoisotopic (exact) mass is 350 g/mol. The third-order valence-corrected chi connectivity index (χ3v) is 4.99. The van der Waals surface area contributed by atoms with Crippen LogP contribution in [-0.4, -0.2) is 37.7 Å². The number of imidazole rings is 1. The van der Waals surface area contributed by atoms with Crippen molar-refractivity contribution in [1.82, 2.24) is 19.9 Å². The summed E-state index contributed by atoms with van der Waals surface area (Å²) in [7, 11) is 0. The molecule has 3 N–H and O–H groups in total. The van der Waals surface area contributed by atoms with E-state index in [1.54, 1.807) is 24.5 Å². The zero-order valence-corrected chi connectivity index (χ0v) is 14.4. The molecular weight excluding hydrogens is 328 g/mol. The fourth-order valence-electron chi connectivity index (χ4n) is 3.72. The molecule has 26 heavy (non-hydrogen) atoms. The first-order chi connectivity index (χ1) is 12.7. The molecule has 134 valence electrons. The molecular formula is C20H22N4O2. The number of hydrogen-bond donors (Lipinski definition) is 3. The maximum atomic E-state index is 12.2. The summed E-state index contributed by atoms with van der Waals surface area (Å²) in [5.74, 6) is 1.04. The Hall–Kier alpha value is -2.86. The van der Waals surface area contributed by atoms with E-state index in [1.807, 2.05) is 36.5 Å². The third-order valence-electron chi connectivity index (χ3n) is 4.99. The van der Waals surface area contributed by atoms with Gasteiger partial charge in [-0.05, 0) is 30.9 Å². The molecule has 0 bridgehead atoms. The number of amides is 1. The molecule has 2 heterocycles. The fourth-order valence-corrected chi connectivity index (χ4v) is 3.72. The van der Waals surface area contributed by atoms with Crippen molar-refractivity contribution in [3.8, 4) is 11.4 Å². The van der Waals surface area contributed by atoms with Crippen molar-refractivity contribution in [3.05, 3.63) is 66.7 Å². The molecule has 4 rings (SSSR count). The van der Waals surface area contributed by atoms with E-state index in [0.717, 1.165) is 24.4 Å². The summed E-state index contributed by atoms with van der Waals surface area (Å²) >= 11 is 0. The van der Waals surface area contributed by atoms with Gasteiger partial charge in [-0.1, -0.05) is 30.3 Å². The molecule has 1 aliphatic carbocycles. The fraction of sp³-hybridized carbons (Fsp3) is 0.300. The second-order valence-corrected chi connectivity index (χ2v) is 6.84. The molecule has 0 aliphatic heterocycles. The Morgan fingerprint density at radius 3 is 2.85 bits per heavy atom. The van der Waals surface area contributed by atoms with Crippen LogP contribution in [0.25, 0.3) is 11.4 Å². The van der Waals surface area contributed by atoms with Crippen LogP contribution < -0.4 is 5.32 Å². The summed E-state index contributed by atoms with van der Waals surface area (Å²) in [5.41, 5.74) is 1.59. The summed E-state index contributed by atoms with van der Waals surface area (Å²) in [4.78, 5) is 19.6. The van der Waals surface area contributed by atoms with Gasteiger partial charge in [0.25, 0.3) is 5.91 Å². The maximum absolute atomic E-state index is 12.2. The Kier molecular flexibility index (Phi) is 4.58. The van der Waals surface area contributed by atoms with Gasteiger partial charge in [0.1, 0.15) is 11.5 Å². The van der Waals surface area contributed by atoms with Crippen molar-refractivity contribution in [1.29, 1.82) is 0 Å².